The number of hydrogen-bond acceptors (Lipinski definition) is 4. The summed E-state index contributed by atoms with van der Waals surface area (Å²) in [4.78, 5) is 27.5. The molecule has 0 unspecified atom stereocenters. The Morgan fingerprint density at radius 3 is 2.65 bits per heavy atom. The Labute approximate surface area is 135 Å². The number of nitrogens with zero attached hydrogens (tertiary/aromatic N) is 1. The van der Waals surface area contributed by atoms with Crippen molar-refractivity contribution in [2.24, 2.45) is 0 Å². The highest BCUT2D eigenvalue weighted by Gasteiger charge is 2.12. The van der Waals surface area contributed by atoms with E-state index >= 15 is 0 Å². The maximum atomic E-state index is 11.5. The molecule has 23 heavy (non-hydrogen) atoms. The van der Waals surface area contributed by atoms with Crippen molar-refractivity contribution >= 4 is 22.8 Å². The lowest BCUT2D eigenvalue weighted by Crippen LogP contribution is -2.25. The van der Waals surface area contributed by atoms with Crippen LogP contribution >= 0.6 is 0 Å². The molecule has 6 nitrogen and oxygen atoms in total. The summed E-state index contributed by atoms with van der Waals surface area (Å²) in [5.41, 5.74) is 2.13. The number of nitrogens with one attached hydrogen (secondary N) is 1. The zero-order valence-corrected chi connectivity index (χ0v) is 13.5. The first-order valence-electron chi connectivity index (χ1n) is 7.78. The molecule has 1 heterocycles. The summed E-state index contributed by atoms with van der Waals surface area (Å²) in [7, 11) is 0. The zero-order chi connectivity index (χ0) is 16.8. The minimum absolute atomic E-state index is 0.368. The average Bonchev–Trinajstić information content (AvgIpc) is 2.90. The van der Waals surface area contributed by atoms with Gasteiger partial charge in [-0.1, -0.05) is 13.8 Å². The molecule has 124 valence electrons. The van der Waals surface area contributed by atoms with Crippen molar-refractivity contribution in [1.82, 2.24) is 9.88 Å². The van der Waals surface area contributed by atoms with Crippen LogP contribution in [0.1, 0.15) is 25.8 Å². The van der Waals surface area contributed by atoms with Gasteiger partial charge in [-0.05, 0) is 43.3 Å². The zero-order valence-electron chi connectivity index (χ0n) is 13.5. The molecule has 0 bridgehead atoms. The molecular formula is C17H22N2O4. The molecule has 0 aliphatic carbocycles. The second kappa shape index (κ2) is 7.78. The van der Waals surface area contributed by atoms with Gasteiger partial charge in [-0.15, -0.1) is 0 Å². The van der Waals surface area contributed by atoms with Gasteiger partial charge >= 0.3 is 11.9 Å². The highest BCUT2D eigenvalue weighted by molar-refractivity contribution is 5.92. The molecule has 0 saturated heterocycles. The predicted molar refractivity (Wildman–Crippen MR) is 87.7 cm³/mol. The smallest absolute Gasteiger partial charge is 0.322 e. The van der Waals surface area contributed by atoms with E-state index in [0.29, 0.717) is 5.75 Å². The summed E-state index contributed by atoms with van der Waals surface area (Å²) in [5.74, 6) is -1.60. The molecule has 2 rings (SSSR count). The standard InChI is InChI=1S/C17H22N2O4/c1-3-19(4-2)8-7-12-11-18-15-6-5-13(9-14(12)15)23-17(22)10-16(20)21/h5-6,9,11,18H,3-4,7-8,10H2,1-2H3,(H,20,21). The summed E-state index contributed by atoms with van der Waals surface area (Å²) in [6, 6.07) is 5.27. The van der Waals surface area contributed by atoms with Gasteiger partial charge in [-0.3, -0.25) is 9.59 Å². The number of carboxylic acid groups (broad SMARTS) is 1. The quantitative estimate of drug-likeness (QED) is 0.444. The maximum Gasteiger partial charge on any atom is 0.322 e. The summed E-state index contributed by atoms with van der Waals surface area (Å²) < 4.78 is 5.08. The van der Waals surface area contributed by atoms with Crippen LogP contribution in [0.5, 0.6) is 5.75 Å². The van der Waals surface area contributed by atoms with Gasteiger partial charge in [0.05, 0.1) is 0 Å². The number of esters is 1. The Kier molecular flexibility index (Phi) is 5.76. The van der Waals surface area contributed by atoms with Crippen molar-refractivity contribution in [3.05, 3.63) is 30.0 Å². The Morgan fingerprint density at radius 1 is 1.26 bits per heavy atom. The van der Waals surface area contributed by atoms with Crippen molar-refractivity contribution in [3.63, 3.8) is 0 Å². The summed E-state index contributed by atoms with van der Waals surface area (Å²) >= 11 is 0. The van der Waals surface area contributed by atoms with Gasteiger partial charge in [0.25, 0.3) is 0 Å². The van der Waals surface area contributed by atoms with Crippen molar-refractivity contribution in [2.45, 2.75) is 26.7 Å². The van der Waals surface area contributed by atoms with E-state index in [1.165, 1.54) is 0 Å². The number of ether oxygens (including phenoxy) is 1. The maximum absolute atomic E-state index is 11.5. The van der Waals surface area contributed by atoms with Crippen LogP contribution in [0.15, 0.2) is 24.4 Å². The van der Waals surface area contributed by atoms with E-state index < -0.39 is 18.4 Å². The molecule has 2 N–H and O–H groups in total. The summed E-state index contributed by atoms with van der Waals surface area (Å²) in [6.45, 7) is 7.26. The van der Waals surface area contributed by atoms with E-state index in [1.807, 2.05) is 12.3 Å². The number of carbonyl (C=O) groups is 2. The van der Waals surface area contributed by atoms with Gasteiger partial charge in [0.15, 0.2) is 0 Å². The lowest BCUT2D eigenvalue weighted by Gasteiger charge is -2.17. The molecule has 6 heteroatoms. The molecule has 0 fully saturated rings. The third-order valence-corrected chi connectivity index (χ3v) is 3.86. The third kappa shape index (κ3) is 4.56. The van der Waals surface area contributed by atoms with E-state index in [4.69, 9.17) is 9.84 Å². The van der Waals surface area contributed by atoms with Crippen LogP contribution < -0.4 is 4.74 Å². The highest BCUT2D eigenvalue weighted by Crippen LogP contribution is 2.24. The summed E-state index contributed by atoms with van der Waals surface area (Å²) in [6.07, 6.45) is 2.23. The van der Waals surface area contributed by atoms with E-state index in [9.17, 15) is 9.59 Å². The van der Waals surface area contributed by atoms with Gasteiger partial charge < -0.3 is 19.7 Å². The van der Waals surface area contributed by atoms with E-state index in [0.717, 1.165) is 42.5 Å². The van der Waals surface area contributed by atoms with Crippen LogP contribution in [0.4, 0.5) is 0 Å². The molecule has 0 spiro atoms. The van der Waals surface area contributed by atoms with Crippen molar-refractivity contribution in [2.75, 3.05) is 19.6 Å². The van der Waals surface area contributed by atoms with Gasteiger partial charge in [-0.25, -0.2) is 0 Å². The van der Waals surface area contributed by atoms with Gasteiger partial charge in [0.2, 0.25) is 0 Å². The molecule has 0 radical (unpaired) electrons. The minimum atomic E-state index is -1.20. The first-order chi connectivity index (χ1) is 11.0. The van der Waals surface area contributed by atoms with Gasteiger partial charge in [0, 0.05) is 23.6 Å². The third-order valence-electron chi connectivity index (χ3n) is 3.86. The number of likely N-dealkylation sites (N-methyl/N-ethyl adjacent to an activating group) is 1. The predicted octanol–water partition coefficient (Wildman–Crippen LogP) is 2.43. The number of H-pyrrole nitrogens is 1. The van der Waals surface area contributed by atoms with Crippen LogP contribution in [0.2, 0.25) is 0 Å². The summed E-state index contributed by atoms with van der Waals surface area (Å²) in [5, 5.41) is 9.60. The van der Waals surface area contributed by atoms with Crippen molar-refractivity contribution < 1.29 is 19.4 Å². The number of carboxylic acids is 1. The lowest BCUT2D eigenvalue weighted by molar-refractivity contribution is -0.145. The number of aromatic nitrogens is 1. The second-order valence-corrected chi connectivity index (χ2v) is 5.34. The fourth-order valence-electron chi connectivity index (χ4n) is 2.54. The minimum Gasteiger partial charge on any atom is -0.481 e. The first kappa shape index (κ1) is 17.0. The molecule has 2 aromatic rings. The van der Waals surface area contributed by atoms with E-state index in [-0.39, 0.29) is 0 Å². The fraction of sp³-hybridized carbons (Fsp3) is 0.412. The van der Waals surface area contributed by atoms with Crippen molar-refractivity contribution in [3.8, 4) is 5.75 Å². The first-order valence-corrected chi connectivity index (χ1v) is 7.78. The SMILES string of the molecule is CCN(CC)CCc1c[nH]c2ccc(OC(=O)CC(=O)O)cc12. The molecule has 0 aliphatic heterocycles. The molecule has 0 amide bonds. The van der Waals surface area contributed by atoms with Gasteiger partial charge in [-0.2, -0.15) is 0 Å². The Morgan fingerprint density at radius 2 is 2.00 bits per heavy atom. The fourth-order valence-corrected chi connectivity index (χ4v) is 2.54. The number of carbonyl (C=O) groups excluding carboxylic acids is 1. The van der Waals surface area contributed by atoms with Crippen LogP contribution in [-0.2, 0) is 16.0 Å². The van der Waals surface area contributed by atoms with E-state index in [2.05, 4.69) is 23.7 Å². The Balaban J connectivity index is 2.13. The number of aliphatic carboxylic acids is 1. The molecule has 0 atom stereocenters. The second-order valence-electron chi connectivity index (χ2n) is 5.34. The van der Waals surface area contributed by atoms with E-state index in [1.54, 1.807) is 12.1 Å². The van der Waals surface area contributed by atoms with Crippen LogP contribution in [0, 0.1) is 0 Å². The highest BCUT2D eigenvalue weighted by atomic mass is 16.5. The van der Waals surface area contributed by atoms with Crippen LogP contribution in [-0.4, -0.2) is 46.6 Å². The Bertz CT molecular complexity index is 689. The molecular weight excluding hydrogens is 296 g/mol. The van der Waals surface area contributed by atoms with Crippen molar-refractivity contribution in [1.29, 1.82) is 0 Å². The number of benzene rings is 1. The van der Waals surface area contributed by atoms with Crippen LogP contribution in [0.25, 0.3) is 10.9 Å². The molecule has 0 saturated carbocycles. The molecule has 0 aliphatic rings. The number of aromatic amines is 1. The van der Waals surface area contributed by atoms with Gasteiger partial charge in [0.1, 0.15) is 12.2 Å². The Hall–Kier alpha value is -2.34. The number of rotatable bonds is 8. The average molecular weight is 318 g/mol. The monoisotopic (exact) mass is 318 g/mol. The number of hydrogen-bond donors (Lipinski definition) is 2. The topological polar surface area (TPSA) is 82.6 Å². The van der Waals surface area contributed by atoms with Crippen LogP contribution in [0.3, 0.4) is 0 Å². The molecule has 1 aromatic heterocycles. The molecule has 1 aromatic carbocycles. The normalized spacial score (nSPS) is 11.1. The largest absolute Gasteiger partial charge is 0.481 e. The number of fused-ring (bicyclic) bond motifs is 1. The lowest BCUT2D eigenvalue weighted by atomic mass is 10.1.